The van der Waals surface area contributed by atoms with E-state index in [1.54, 1.807) is 0 Å². The van der Waals surface area contributed by atoms with Crippen molar-refractivity contribution in [3.8, 4) is 0 Å². The first-order valence-electron chi connectivity index (χ1n) is 5.56. The Morgan fingerprint density at radius 3 is 2.47 bits per heavy atom. The second-order valence-electron chi connectivity index (χ2n) is 3.83. The van der Waals surface area contributed by atoms with Gasteiger partial charge in [-0.05, 0) is 31.7 Å². The van der Waals surface area contributed by atoms with Crippen molar-refractivity contribution in [2.45, 2.75) is 26.3 Å². The number of likely N-dealkylation sites (N-methyl/N-ethyl adjacent to an activating group) is 1. The Morgan fingerprint density at radius 1 is 1.27 bits per heavy atom. The molecule has 1 atom stereocenters. The summed E-state index contributed by atoms with van der Waals surface area (Å²) in [5, 5.41) is 3.38. The van der Waals surface area contributed by atoms with E-state index in [4.69, 9.17) is 0 Å². The quantitative estimate of drug-likeness (QED) is 0.796. The fraction of sp³-hybridized carbons (Fsp3) is 0.538. The molecule has 1 unspecified atom stereocenters. The minimum Gasteiger partial charge on any atom is -0.316 e. The van der Waals surface area contributed by atoms with Crippen LogP contribution >= 0.6 is 11.8 Å². The van der Waals surface area contributed by atoms with E-state index in [2.05, 4.69) is 50.5 Å². The second kappa shape index (κ2) is 6.91. The van der Waals surface area contributed by atoms with E-state index in [1.807, 2.05) is 11.8 Å². The fourth-order valence-electron chi connectivity index (χ4n) is 1.51. The van der Waals surface area contributed by atoms with E-state index < -0.39 is 0 Å². The minimum atomic E-state index is 0.595. The van der Waals surface area contributed by atoms with Crippen LogP contribution in [0.5, 0.6) is 0 Å². The van der Waals surface area contributed by atoms with Crippen LogP contribution in [0.4, 0.5) is 0 Å². The third-order valence-corrected chi connectivity index (χ3v) is 3.58. The largest absolute Gasteiger partial charge is 0.316 e. The van der Waals surface area contributed by atoms with E-state index in [-0.39, 0.29) is 0 Å². The highest BCUT2D eigenvalue weighted by Gasteiger charge is 2.06. The molecule has 0 aromatic heterocycles. The zero-order valence-electron chi connectivity index (χ0n) is 9.92. The monoisotopic (exact) mass is 223 g/mol. The molecule has 0 radical (unpaired) electrons. The molecule has 1 N–H and O–H groups in total. The molecule has 1 aromatic rings. The van der Waals surface area contributed by atoms with Gasteiger partial charge in [-0.1, -0.05) is 36.8 Å². The predicted molar refractivity (Wildman–Crippen MR) is 70.7 cm³/mol. The van der Waals surface area contributed by atoms with Gasteiger partial charge >= 0.3 is 0 Å². The van der Waals surface area contributed by atoms with Crippen LogP contribution in [0.2, 0.25) is 0 Å². The van der Waals surface area contributed by atoms with Gasteiger partial charge in [0.1, 0.15) is 0 Å². The van der Waals surface area contributed by atoms with Crippen molar-refractivity contribution in [1.82, 2.24) is 5.32 Å². The molecule has 1 rings (SSSR count). The first kappa shape index (κ1) is 12.6. The van der Waals surface area contributed by atoms with Crippen LogP contribution < -0.4 is 5.32 Å². The van der Waals surface area contributed by atoms with Gasteiger partial charge in [0, 0.05) is 11.8 Å². The zero-order chi connectivity index (χ0) is 11.1. The van der Waals surface area contributed by atoms with Gasteiger partial charge in [0.25, 0.3) is 0 Å². The summed E-state index contributed by atoms with van der Waals surface area (Å²) in [4.78, 5) is 0. The van der Waals surface area contributed by atoms with E-state index in [0.717, 1.165) is 6.42 Å². The Hall–Kier alpha value is -0.470. The van der Waals surface area contributed by atoms with Gasteiger partial charge < -0.3 is 5.32 Å². The maximum absolute atomic E-state index is 3.38. The number of hydrogen-bond donors (Lipinski definition) is 1. The molecule has 0 aliphatic carbocycles. The van der Waals surface area contributed by atoms with E-state index in [1.165, 1.54) is 22.6 Å². The smallest absolute Gasteiger partial charge is 0.0195 e. The molecular formula is C13H21NS. The van der Waals surface area contributed by atoms with Gasteiger partial charge in [0.2, 0.25) is 0 Å². The molecule has 0 aliphatic rings. The molecule has 1 aromatic carbocycles. The van der Waals surface area contributed by atoms with Gasteiger partial charge in [-0.25, -0.2) is 0 Å². The molecule has 0 fully saturated rings. The van der Waals surface area contributed by atoms with Crippen LogP contribution in [-0.4, -0.2) is 24.6 Å². The lowest BCUT2D eigenvalue weighted by Crippen LogP contribution is -2.30. The molecule has 0 aliphatic heterocycles. The lowest BCUT2D eigenvalue weighted by molar-refractivity contribution is 0.617. The van der Waals surface area contributed by atoms with Crippen molar-refractivity contribution in [2.75, 3.05) is 18.6 Å². The summed E-state index contributed by atoms with van der Waals surface area (Å²) in [5.41, 5.74) is 2.76. The van der Waals surface area contributed by atoms with Crippen molar-refractivity contribution in [3.05, 3.63) is 35.4 Å². The van der Waals surface area contributed by atoms with Gasteiger partial charge in [-0.15, -0.1) is 0 Å². The summed E-state index contributed by atoms with van der Waals surface area (Å²) in [6.07, 6.45) is 1.13. The average molecular weight is 223 g/mol. The summed E-state index contributed by atoms with van der Waals surface area (Å²) in [5.74, 6) is 2.40. The SMILES string of the molecule is CCSCC(Cc1ccc(C)cc1)NC. The Kier molecular flexibility index (Phi) is 5.81. The highest BCUT2D eigenvalue weighted by atomic mass is 32.2. The summed E-state index contributed by atoms with van der Waals surface area (Å²) in [7, 11) is 2.05. The van der Waals surface area contributed by atoms with E-state index in [0.29, 0.717) is 6.04 Å². The normalized spacial score (nSPS) is 12.7. The molecule has 0 amide bonds. The Balaban J connectivity index is 2.47. The molecule has 0 saturated heterocycles. The van der Waals surface area contributed by atoms with Gasteiger partial charge in [-0.3, -0.25) is 0 Å². The Morgan fingerprint density at radius 2 is 1.93 bits per heavy atom. The molecular weight excluding hydrogens is 202 g/mol. The first-order chi connectivity index (χ1) is 7.26. The molecule has 84 valence electrons. The van der Waals surface area contributed by atoms with Gasteiger partial charge in [0.05, 0.1) is 0 Å². The van der Waals surface area contributed by atoms with Crippen LogP contribution in [0.3, 0.4) is 0 Å². The number of nitrogens with one attached hydrogen (secondary N) is 1. The third kappa shape index (κ3) is 4.72. The van der Waals surface area contributed by atoms with E-state index >= 15 is 0 Å². The maximum Gasteiger partial charge on any atom is 0.0195 e. The van der Waals surface area contributed by atoms with Crippen molar-refractivity contribution < 1.29 is 0 Å². The average Bonchev–Trinajstić information content (AvgIpc) is 2.27. The Bertz CT molecular complexity index is 268. The molecule has 2 heteroatoms. The third-order valence-electron chi connectivity index (χ3n) is 2.53. The lowest BCUT2D eigenvalue weighted by atomic mass is 10.1. The molecule has 0 saturated carbocycles. The predicted octanol–water partition coefficient (Wildman–Crippen LogP) is 2.88. The number of rotatable bonds is 6. The first-order valence-corrected chi connectivity index (χ1v) is 6.72. The molecule has 15 heavy (non-hydrogen) atoms. The highest BCUT2D eigenvalue weighted by molar-refractivity contribution is 7.99. The summed E-state index contributed by atoms with van der Waals surface area (Å²) < 4.78 is 0. The van der Waals surface area contributed by atoms with Crippen LogP contribution in [-0.2, 0) is 6.42 Å². The van der Waals surface area contributed by atoms with Crippen LogP contribution in [0, 0.1) is 6.92 Å². The zero-order valence-corrected chi connectivity index (χ0v) is 10.7. The highest BCUT2D eigenvalue weighted by Crippen LogP contribution is 2.09. The number of aryl methyl sites for hydroxylation is 1. The minimum absolute atomic E-state index is 0.595. The molecule has 0 bridgehead atoms. The van der Waals surface area contributed by atoms with Crippen molar-refractivity contribution in [1.29, 1.82) is 0 Å². The molecule has 0 spiro atoms. The second-order valence-corrected chi connectivity index (χ2v) is 5.15. The van der Waals surface area contributed by atoms with Gasteiger partial charge in [0.15, 0.2) is 0 Å². The van der Waals surface area contributed by atoms with Crippen molar-refractivity contribution in [2.24, 2.45) is 0 Å². The van der Waals surface area contributed by atoms with Gasteiger partial charge in [-0.2, -0.15) is 11.8 Å². The summed E-state index contributed by atoms with van der Waals surface area (Å²) in [6, 6.07) is 9.44. The maximum atomic E-state index is 3.38. The molecule has 0 heterocycles. The molecule has 1 nitrogen and oxygen atoms in total. The topological polar surface area (TPSA) is 12.0 Å². The van der Waals surface area contributed by atoms with Crippen LogP contribution in [0.25, 0.3) is 0 Å². The Labute approximate surface area is 97.7 Å². The van der Waals surface area contributed by atoms with Crippen LogP contribution in [0.15, 0.2) is 24.3 Å². The summed E-state index contributed by atoms with van der Waals surface area (Å²) in [6.45, 7) is 4.34. The van der Waals surface area contributed by atoms with Crippen molar-refractivity contribution in [3.63, 3.8) is 0 Å². The number of benzene rings is 1. The van der Waals surface area contributed by atoms with E-state index in [9.17, 15) is 0 Å². The number of thioether (sulfide) groups is 1. The number of hydrogen-bond acceptors (Lipinski definition) is 2. The standard InChI is InChI=1S/C13H21NS/c1-4-15-10-13(14-3)9-12-7-5-11(2)6-8-12/h5-8,13-14H,4,9-10H2,1-3H3. The van der Waals surface area contributed by atoms with Crippen molar-refractivity contribution >= 4 is 11.8 Å². The summed E-state index contributed by atoms with van der Waals surface area (Å²) >= 11 is 2.00. The lowest BCUT2D eigenvalue weighted by Gasteiger charge is -2.15. The van der Waals surface area contributed by atoms with Crippen LogP contribution in [0.1, 0.15) is 18.1 Å². The fourth-order valence-corrected chi connectivity index (χ4v) is 2.32.